The molecule has 1 aliphatic carbocycles. The van der Waals surface area contributed by atoms with Crippen LogP contribution in [0.15, 0.2) is 55.2 Å². The lowest BCUT2D eigenvalue weighted by molar-refractivity contribution is -0.282. The van der Waals surface area contributed by atoms with Gasteiger partial charge in [-0.2, -0.15) is 10.4 Å². The number of anilines is 1. The first-order chi connectivity index (χ1) is 26.9. The number of fused-ring (bicyclic) bond motifs is 1. The second-order valence-electron chi connectivity index (χ2n) is 13.4. The van der Waals surface area contributed by atoms with Gasteiger partial charge in [0.15, 0.2) is 24.0 Å². The number of rotatable bonds is 11. The molecule has 2 fully saturated rings. The monoisotopic (exact) mass is 771 g/mol. The molecule has 1 aromatic carbocycles. The van der Waals surface area contributed by atoms with Crippen LogP contribution in [0.1, 0.15) is 58.9 Å². The number of nitriles is 1. The van der Waals surface area contributed by atoms with Crippen molar-refractivity contribution in [2.24, 2.45) is 5.92 Å². The van der Waals surface area contributed by atoms with Gasteiger partial charge in [-0.05, 0) is 37.0 Å². The Bertz CT molecular complexity index is 2150. The maximum atomic E-state index is 14.2. The average molecular weight is 772 g/mol. The van der Waals surface area contributed by atoms with E-state index in [0.29, 0.717) is 34.6 Å². The van der Waals surface area contributed by atoms with Gasteiger partial charge >= 0.3 is 29.9 Å². The second kappa shape index (κ2) is 17.0. The molecular formula is C38H41N7O11. The maximum absolute atomic E-state index is 14.2. The molecule has 1 saturated carbocycles. The van der Waals surface area contributed by atoms with Crippen molar-refractivity contribution in [2.75, 3.05) is 19.1 Å². The lowest BCUT2D eigenvalue weighted by atomic mass is 9.96. The molecule has 294 valence electrons. The molecule has 1 unspecified atom stereocenters. The predicted molar refractivity (Wildman–Crippen MR) is 194 cm³/mol. The van der Waals surface area contributed by atoms with Gasteiger partial charge in [-0.15, -0.1) is 0 Å². The minimum Gasteiger partial charge on any atom is -0.467 e. The Hall–Kier alpha value is -6.35. The Balaban J connectivity index is 1.30. The van der Waals surface area contributed by atoms with Gasteiger partial charge in [0, 0.05) is 51.2 Å². The zero-order valence-electron chi connectivity index (χ0n) is 31.4. The number of benzene rings is 1. The largest absolute Gasteiger partial charge is 0.467 e. The first-order valence-corrected chi connectivity index (χ1v) is 17.9. The van der Waals surface area contributed by atoms with Gasteiger partial charge < -0.3 is 28.4 Å². The van der Waals surface area contributed by atoms with Crippen molar-refractivity contribution >= 4 is 46.6 Å². The zero-order valence-corrected chi connectivity index (χ0v) is 31.4. The fraction of sp³-hybridized carbons (Fsp3) is 0.447. The second-order valence-corrected chi connectivity index (χ2v) is 13.4. The molecule has 1 saturated heterocycles. The van der Waals surface area contributed by atoms with Crippen molar-refractivity contribution in [3.63, 3.8) is 0 Å². The first-order valence-electron chi connectivity index (χ1n) is 17.9. The van der Waals surface area contributed by atoms with E-state index in [4.69, 9.17) is 28.4 Å². The number of amides is 1. The smallest absolute Gasteiger partial charge is 0.339 e. The summed E-state index contributed by atoms with van der Waals surface area (Å²) in [4.78, 5) is 74.0. The highest BCUT2D eigenvalue weighted by atomic mass is 16.7. The standard InChI is InChI=1S/C38H41N7O11/c1-21(46)52-31-32(53-22(2)47)34(54-23(3)48)37(56-33(31)36(49)51-5)55-29-13-9-8-12-28(29)43(4)38(50)44-17-15-26-30(40-20-41-35(26)44)25-18-42-45(19-25)27(14-16-39)24-10-6-7-11-24/h8-9,12-13,15,17-20,24,27,31-34,37H,6-7,10-11,14H2,1-5H3/t27?,31-,32-,33-,34+,37+/m0/s1. The molecule has 56 heavy (non-hydrogen) atoms. The molecule has 0 radical (unpaired) electrons. The van der Waals surface area contributed by atoms with E-state index < -0.39 is 60.6 Å². The lowest BCUT2D eigenvalue weighted by Gasteiger charge is -2.43. The van der Waals surface area contributed by atoms with Crippen molar-refractivity contribution in [3.05, 3.63) is 55.2 Å². The van der Waals surface area contributed by atoms with E-state index in [1.165, 1.54) is 28.9 Å². The number of ether oxygens (including phenoxy) is 6. The topological polar surface area (TPSA) is 216 Å². The summed E-state index contributed by atoms with van der Waals surface area (Å²) in [6.07, 6.45) is 3.17. The summed E-state index contributed by atoms with van der Waals surface area (Å²) in [7, 11) is 2.58. The van der Waals surface area contributed by atoms with Crippen LogP contribution < -0.4 is 9.64 Å². The first kappa shape index (κ1) is 39.3. The highest BCUT2D eigenvalue weighted by Crippen LogP contribution is 2.38. The van der Waals surface area contributed by atoms with Gasteiger partial charge in [0.25, 0.3) is 0 Å². The molecule has 4 aromatic rings. The normalized spacial score (nSPS) is 21.4. The zero-order chi connectivity index (χ0) is 40.1. The molecule has 6 atom stereocenters. The van der Waals surface area contributed by atoms with Crippen molar-refractivity contribution in [1.29, 1.82) is 5.26 Å². The molecule has 4 heterocycles. The molecule has 1 amide bonds. The number of nitrogens with zero attached hydrogens (tertiary/aromatic N) is 7. The average Bonchev–Trinajstić information content (AvgIpc) is 3.97. The minimum absolute atomic E-state index is 0.0370. The van der Waals surface area contributed by atoms with E-state index in [2.05, 4.69) is 21.1 Å². The van der Waals surface area contributed by atoms with Gasteiger partial charge in [-0.3, -0.25) is 28.5 Å². The summed E-state index contributed by atoms with van der Waals surface area (Å²) in [6, 6.07) is 9.80. The third kappa shape index (κ3) is 8.17. The van der Waals surface area contributed by atoms with Crippen LogP contribution in [-0.4, -0.2) is 99.1 Å². The van der Waals surface area contributed by atoms with Gasteiger partial charge in [-0.1, -0.05) is 25.0 Å². The Morgan fingerprint density at radius 2 is 1.64 bits per heavy atom. The van der Waals surface area contributed by atoms with Crippen LogP contribution in [0.5, 0.6) is 5.75 Å². The number of hydrogen-bond donors (Lipinski definition) is 0. The Morgan fingerprint density at radius 3 is 2.32 bits per heavy atom. The van der Waals surface area contributed by atoms with Crippen LogP contribution >= 0.6 is 0 Å². The molecule has 0 N–H and O–H groups in total. The summed E-state index contributed by atoms with van der Waals surface area (Å²) >= 11 is 0. The molecule has 18 heteroatoms. The fourth-order valence-corrected chi connectivity index (χ4v) is 7.29. The van der Waals surface area contributed by atoms with E-state index in [-0.39, 0.29) is 17.5 Å². The van der Waals surface area contributed by atoms with E-state index in [0.717, 1.165) is 53.6 Å². The van der Waals surface area contributed by atoms with Crippen LogP contribution in [0, 0.1) is 17.2 Å². The number of carbonyl (C=O) groups is 5. The summed E-state index contributed by atoms with van der Waals surface area (Å²) in [6.45, 7) is 3.25. The third-order valence-corrected chi connectivity index (χ3v) is 9.74. The predicted octanol–water partition coefficient (Wildman–Crippen LogP) is 4.12. The van der Waals surface area contributed by atoms with Gasteiger partial charge in [0.1, 0.15) is 12.1 Å². The number of para-hydroxylation sites is 2. The third-order valence-electron chi connectivity index (χ3n) is 9.74. The molecule has 2 aliphatic rings. The Labute approximate surface area is 321 Å². The number of esters is 4. The molecule has 6 rings (SSSR count). The SMILES string of the molecule is COC(=O)[C@H]1O[C@@H](Oc2ccccc2N(C)C(=O)n2ccc3c(-c4cnn(C(CC#N)C5CCCC5)c4)ncnc32)[C@H](OC(C)=O)[C@@H](OC(C)=O)[C@@H]1OC(C)=O. The van der Waals surface area contributed by atoms with E-state index in [1.807, 2.05) is 10.9 Å². The summed E-state index contributed by atoms with van der Waals surface area (Å²) < 4.78 is 36.5. The van der Waals surface area contributed by atoms with Crippen LogP contribution in [0.25, 0.3) is 22.3 Å². The van der Waals surface area contributed by atoms with E-state index in [9.17, 15) is 29.2 Å². The minimum atomic E-state index is -1.68. The highest BCUT2D eigenvalue weighted by molar-refractivity contribution is 6.02. The van der Waals surface area contributed by atoms with Crippen LogP contribution in [-0.2, 0) is 42.9 Å². The Kier molecular flexibility index (Phi) is 11.9. The molecule has 0 spiro atoms. The van der Waals surface area contributed by atoms with Gasteiger partial charge in [0.05, 0.1) is 43.2 Å². The highest BCUT2D eigenvalue weighted by Gasteiger charge is 2.56. The molecule has 1 aliphatic heterocycles. The lowest BCUT2D eigenvalue weighted by Crippen LogP contribution is -2.64. The molecular weight excluding hydrogens is 730 g/mol. The van der Waals surface area contributed by atoms with Crippen molar-refractivity contribution in [3.8, 4) is 23.1 Å². The number of hydrogen-bond acceptors (Lipinski definition) is 15. The van der Waals surface area contributed by atoms with Gasteiger partial charge in [-0.25, -0.2) is 19.6 Å². The van der Waals surface area contributed by atoms with Crippen molar-refractivity contribution in [2.45, 2.75) is 89.6 Å². The van der Waals surface area contributed by atoms with Crippen LogP contribution in [0.2, 0.25) is 0 Å². The van der Waals surface area contributed by atoms with Crippen LogP contribution in [0.3, 0.4) is 0 Å². The van der Waals surface area contributed by atoms with E-state index >= 15 is 0 Å². The quantitative estimate of drug-likeness (QED) is 0.155. The van der Waals surface area contributed by atoms with Crippen molar-refractivity contribution < 1.29 is 52.4 Å². The maximum Gasteiger partial charge on any atom is 0.339 e. The summed E-state index contributed by atoms with van der Waals surface area (Å²) in [5.74, 6) is -3.10. The molecule has 18 nitrogen and oxygen atoms in total. The summed E-state index contributed by atoms with van der Waals surface area (Å²) in [5.41, 5.74) is 1.80. The van der Waals surface area contributed by atoms with Crippen LogP contribution in [0.4, 0.5) is 10.5 Å². The number of aromatic nitrogens is 5. The Morgan fingerprint density at radius 1 is 0.964 bits per heavy atom. The fourth-order valence-electron chi connectivity index (χ4n) is 7.29. The van der Waals surface area contributed by atoms with Crippen molar-refractivity contribution in [1.82, 2.24) is 24.3 Å². The number of carbonyl (C=O) groups excluding carboxylic acids is 5. The summed E-state index contributed by atoms with van der Waals surface area (Å²) in [5, 5.41) is 14.7. The van der Waals surface area contributed by atoms with E-state index in [1.54, 1.807) is 36.7 Å². The molecule has 0 bridgehead atoms. The van der Waals surface area contributed by atoms with Gasteiger partial charge in [0.2, 0.25) is 12.4 Å². The molecule has 3 aromatic heterocycles. The number of methoxy groups -OCH3 is 1.